The van der Waals surface area contributed by atoms with Crippen molar-refractivity contribution >= 4 is 16.0 Å². The number of carbonyl (C=O) groups is 1. The van der Waals surface area contributed by atoms with Crippen LogP contribution < -0.4 is 14.2 Å². The molecule has 1 atom stereocenters. The molecule has 9 heteroatoms. The van der Waals surface area contributed by atoms with E-state index in [9.17, 15) is 13.2 Å². The lowest BCUT2D eigenvalue weighted by Crippen LogP contribution is -2.41. The third-order valence-electron chi connectivity index (χ3n) is 5.21. The fourth-order valence-corrected chi connectivity index (χ4v) is 5.23. The summed E-state index contributed by atoms with van der Waals surface area (Å²) in [6.45, 7) is 0.221. The van der Waals surface area contributed by atoms with Gasteiger partial charge in [0.2, 0.25) is 10.0 Å². The van der Waals surface area contributed by atoms with Crippen LogP contribution in [0.4, 0.5) is 0 Å². The number of carbonyl (C=O) groups excluding carboxylic acids is 1. The highest BCUT2D eigenvalue weighted by molar-refractivity contribution is 7.89. The molecule has 0 fully saturated rings. The van der Waals surface area contributed by atoms with E-state index in [0.29, 0.717) is 29.2 Å². The molecular formula is C21H25NO7S. The van der Waals surface area contributed by atoms with Crippen molar-refractivity contribution in [1.82, 2.24) is 4.31 Å². The van der Waals surface area contributed by atoms with Gasteiger partial charge in [-0.3, -0.25) is 4.79 Å². The van der Waals surface area contributed by atoms with Crippen molar-refractivity contribution in [3.8, 4) is 17.2 Å². The number of methoxy groups -OCH3 is 4. The Morgan fingerprint density at radius 2 is 1.63 bits per heavy atom. The van der Waals surface area contributed by atoms with Gasteiger partial charge in [-0.15, -0.1) is 0 Å². The largest absolute Gasteiger partial charge is 0.497 e. The maximum Gasteiger partial charge on any atom is 0.307 e. The molecule has 1 unspecified atom stereocenters. The van der Waals surface area contributed by atoms with Crippen molar-refractivity contribution in [2.75, 3.05) is 35.0 Å². The zero-order chi connectivity index (χ0) is 21.9. The minimum absolute atomic E-state index is 0.117. The van der Waals surface area contributed by atoms with Crippen molar-refractivity contribution in [3.05, 3.63) is 47.5 Å². The molecule has 162 valence electrons. The van der Waals surface area contributed by atoms with Gasteiger partial charge in [-0.2, -0.15) is 4.31 Å². The number of ether oxygens (including phenoxy) is 4. The van der Waals surface area contributed by atoms with E-state index in [1.807, 2.05) is 6.07 Å². The summed E-state index contributed by atoms with van der Waals surface area (Å²) in [6, 6.07) is 9.00. The summed E-state index contributed by atoms with van der Waals surface area (Å²) < 4.78 is 48.9. The second-order valence-electron chi connectivity index (χ2n) is 6.74. The fraction of sp³-hybridized carbons (Fsp3) is 0.381. The van der Waals surface area contributed by atoms with E-state index in [2.05, 4.69) is 0 Å². The molecular weight excluding hydrogens is 410 g/mol. The number of hydrogen-bond donors (Lipinski definition) is 0. The van der Waals surface area contributed by atoms with Crippen LogP contribution in [0.15, 0.2) is 41.3 Å². The first-order valence-electron chi connectivity index (χ1n) is 9.33. The molecule has 0 aliphatic carbocycles. The van der Waals surface area contributed by atoms with E-state index in [-0.39, 0.29) is 17.9 Å². The van der Waals surface area contributed by atoms with E-state index < -0.39 is 22.0 Å². The number of rotatable bonds is 7. The van der Waals surface area contributed by atoms with E-state index in [1.54, 1.807) is 25.3 Å². The van der Waals surface area contributed by atoms with E-state index in [1.165, 1.54) is 37.8 Å². The molecule has 0 saturated heterocycles. The number of benzene rings is 2. The summed E-state index contributed by atoms with van der Waals surface area (Å²) >= 11 is 0. The van der Waals surface area contributed by atoms with Crippen LogP contribution in [-0.4, -0.2) is 53.7 Å². The maximum absolute atomic E-state index is 13.4. The van der Waals surface area contributed by atoms with Crippen molar-refractivity contribution in [2.45, 2.75) is 23.8 Å². The molecule has 3 rings (SSSR count). The van der Waals surface area contributed by atoms with E-state index >= 15 is 0 Å². The first-order valence-corrected chi connectivity index (χ1v) is 10.8. The summed E-state index contributed by atoms with van der Waals surface area (Å²) in [5.41, 5.74) is 1.60. The Bertz CT molecular complexity index is 1020. The average molecular weight is 435 g/mol. The SMILES string of the molecule is COC(=O)CC1c2cc(OC)c(OC)cc2CCN1S(=O)(=O)c1ccc(OC)cc1. The maximum atomic E-state index is 13.4. The predicted octanol–water partition coefficient (Wildman–Crippen LogP) is 2.56. The van der Waals surface area contributed by atoms with Gasteiger partial charge >= 0.3 is 5.97 Å². The number of sulfonamides is 1. The molecule has 2 aromatic carbocycles. The van der Waals surface area contributed by atoms with Crippen LogP contribution in [0.3, 0.4) is 0 Å². The Morgan fingerprint density at radius 3 is 2.20 bits per heavy atom. The van der Waals surface area contributed by atoms with Gasteiger partial charge in [-0.05, 0) is 53.9 Å². The van der Waals surface area contributed by atoms with Gasteiger partial charge in [-0.1, -0.05) is 0 Å². The molecule has 0 N–H and O–H groups in total. The highest BCUT2D eigenvalue weighted by Crippen LogP contribution is 2.41. The standard InChI is InChI=1S/C21H25NO7S/c1-26-15-5-7-16(8-6-15)30(24,25)22-10-9-14-11-19(27-2)20(28-3)12-17(14)18(22)13-21(23)29-4/h5-8,11-12,18H,9-10,13H2,1-4H3. The molecule has 30 heavy (non-hydrogen) atoms. The highest BCUT2D eigenvalue weighted by atomic mass is 32.2. The number of nitrogens with zero attached hydrogens (tertiary/aromatic N) is 1. The van der Waals surface area contributed by atoms with Crippen molar-refractivity contribution in [2.24, 2.45) is 0 Å². The third kappa shape index (κ3) is 4.08. The zero-order valence-corrected chi connectivity index (χ0v) is 18.2. The molecule has 0 aromatic heterocycles. The minimum Gasteiger partial charge on any atom is -0.497 e. The van der Waals surface area contributed by atoms with Gasteiger partial charge in [0.15, 0.2) is 11.5 Å². The van der Waals surface area contributed by atoms with E-state index in [0.717, 1.165) is 5.56 Å². The molecule has 1 aliphatic rings. The summed E-state index contributed by atoms with van der Waals surface area (Å²) in [5, 5.41) is 0. The molecule has 1 heterocycles. The number of hydrogen-bond acceptors (Lipinski definition) is 7. The number of fused-ring (bicyclic) bond motifs is 1. The number of esters is 1. The Balaban J connectivity index is 2.09. The molecule has 0 amide bonds. The van der Waals surface area contributed by atoms with Crippen LogP contribution in [0.1, 0.15) is 23.6 Å². The Kier molecular flexibility index (Phi) is 6.52. The van der Waals surface area contributed by atoms with Crippen molar-refractivity contribution in [3.63, 3.8) is 0 Å². The van der Waals surface area contributed by atoms with Gasteiger partial charge in [-0.25, -0.2) is 8.42 Å². The summed E-state index contributed by atoms with van der Waals surface area (Å²) in [5.74, 6) is 1.08. The molecule has 0 spiro atoms. The molecule has 8 nitrogen and oxygen atoms in total. The normalized spacial score (nSPS) is 16.5. The Morgan fingerprint density at radius 1 is 1.00 bits per heavy atom. The Labute approximate surface area is 176 Å². The average Bonchev–Trinajstić information content (AvgIpc) is 2.77. The second kappa shape index (κ2) is 8.93. The lowest BCUT2D eigenvalue weighted by atomic mass is 9.91. The molecule has 0 saturated carbocycles. The Hall–Kier alpha value is -2.78. The summed E-state index contributed by atoms with van der Waals surface area (Å²) in [4.78, 5) is 12.3. The predicted molar refractivity (Wildman–Crippen MR) is 110 cm³/mol. The molecule has 2 aromatic rings. The van der Waals surface area contributed by atoms with Gasteiger partial charge in [0.25, 0.3) is 0 Å². The second-order valence-corrected chi connectivity index (χ2v) is 8.63. The van der Waals surface area contributed by atoms with Crippen LogP contribution in [0.25, 0.3) is 0 Å². The van der Waals surface area contributed by atoms with Crippen molar-refractivity contribution < 1.29 is 32.2 Å². The smallest absolute Gasteiger partial charge is 0.307 e. The molecule has 0 radical (unpaired) electrons. The van der Waals surface area contributed by atoms with Crippen LogP contribution in [0, 0.1) is 0 Å². The van der Waals surface area contributed by atoms with Crippen LogP contribution in [-0.2, 0) is 26.0 Å². The van der Waals surface area contributed by atoms with Gasteiger partial charge < -0.3 is 18.9 Å². The van der Waals surface area contributed by atoms with Gasteiger partial charge in [0, 0.05) is 6.54 Å². The third-order valence-corrected chi connectivity index (χ3v) is 7.13. The monoisotopic (exact) mass is 435 g/mol. The minimum atomic E-state index is -3.87. The van der Waals surface area contributed by atoms with Crippen LogP contribution in [0.5, 0.6) is 17.2 Å². The van der Waals surface area contributed by atoms with Crippen LogP contribution >= 0.6 is 0 Å². The fourth-order valence-electron chi connectivity index (χ4n) is 3.63. The first-order chi connectivity index (χ1) is 14.3. The van der Waals surface area contributed by atoms with Gasteiger partial charge in [0.1, 0.15) is 5.75 Å². The topological polar surface area (TPSA) is 91.4 Å². The quantitative estimate of drug-likeness (QED) is 0.617. The lowest BCUT2D eigenvalue weighted by molar-refractivity contribution is -0.141. The highest BCUT2D eigenvalue weighted by Gasteiger charge is 2.38. The summed E-state index contributed by atoms with van der Waals surface area (Å²) in [6.07, 6.45) is 0.358. The molecule has 0 bridgehead atoms. The van der Waals surface area contributed by atoms with Crippen molar-refractivity contribution in [1.29, 1.82) is 0 Å². The lowest BCUT2D eigenvalue weighted by Gasteiger charge is -2.36. The summed E-state index contributed by atoms with van der Waals surface area (Å²) in [7, 11) is 1.97. The molecule has 1 aliphatic heterocycles. The first kappa shape index (κ1) is 21.9. The van der Waals surface area contributed by atoms with E-state index in [4.69, 9.17) is 18.9 Å². The van der Waals surface area contributed by atoms with Crippen LogP contribution in [0.2, 0.25) is 0 Å². The zero-order valence-electron chi connectivity index (χ0n) is 17.4. The van der Waals surface area contributed by atoms with Gasteiger partial charge in [0.05, 0.1) is 45.8 Å².